The van der Waals surface area contributed by atoms with Crippen LogP contribution in [0.2, 0.25) is 6.32 Å². The molecule has 1 aromatic heterocycles. The molecule has 1 aliphatic heterocycles. The molecular weight excluding hydrogens is 364 g/mol. The first kappa shape index (κ1) is 20.1. The maximum atomic E-state index is 13.6. The van der Waals surface area contributed by atoms with Crippen LogP contribution in [0.4, 0.5) is 4.39 Å². The minimum Gasteiger partial charge on any atom is -0.403 e. The number of nitrogens with zero attached hydrogens (tertiary/aromatic N) is 1. The minimum absolute atomic E-state index is 0.0608. The topological polar surface area (TPSA) is 31.4 Å². The van der Waals surface area contributed by atoms with Gasteiger partial charge in [-0.2, -0.15) is 0 Å². The molecule has 0 amide bonds. The molecule has 0 N–H and O–H groups in total. The highest BCUT2D eigenvalue weighted by molar-refractivity contribution is 6.45. The van der Waals surface area contributed by atoms with Crippen molar-refractivity contribution >= 4 is 18.0 Å². The Labute approximate surface area is 172 Å². The maximum absolute atomic E-state index is 13.6. The summed E-state index contributed by atoms with van der Waals surface area (Å²) in [7, 11) is -0.357. The van der Waals surface area contributed by atoms with E-state index in [0.29, 0.717) is 6.32 Å². The number of benzene rings is 2. The first-order valence-corrected chi connectivity index (χ1v) is 10.1. The summed E-state index contributed by atoms with van der Waals surface area (Å²) >= 11 is 0. The largest absolute Gasteiger partial charge is 0.458 e. The number of rotatable bonds is 4. The molecule has 0 radical (unpaired) electrons. The van der Waals surface area contributed by atoms with Gasteiger partial charge in [0.25, 0.3) is 0 Å². The Bertz CT molecular complexity index is 1020. The molecular formula is C24H27BFNO2. The molecule has 0 bridgehead atoms. The monoisotopic (exact) mass is 391 g/mol. The molecule has 29 heavy (non-hydrogen) atoms. The third-order valence-corrected chi connectivity index (χ3v) is 6.30. The highest BCUT2D eigenvalue weighted by Crippen LogP contribution is 2.41. The third kappa shape index (κ3) is 3.81. The van der Waals surface area contributed by atoms with Crippen LogP contribution < -0.4 is 0 Å². The van der Waals surface area contributed by atoms with Gasteiger partial charge in [0.1, 0.15) is 5.82 Å². The molecule has 0 spiro atoms. The van der Waals surface area contributed by atoms with Gasteiger partial charge >= 0.3 is 7.12 Å². The van der Waals surface area contributed by atoms with Crippen molar-refractivity contribution in [2.75, 3.05) is 0 Å². The zero-order valence-electron chi connectivity index (χ0n) is 17.7. The van der Waals surface area contributed by atoms with Crippen molar-refractivity contribution in [2.24, 2.45) is 0 Å². The Balaban J connectivity index is 1.74. The molecule has 5 heteroatoms. The van der Waals surface area contributed by atoms with Crippen LogP contribution in [0, 0.1) is 12.7 Å². The summed E-state index contributed by atoms with van der Waals surface area (Å²) in [5.41, 5.74) is 3.29. The van der Waals surface area contributed by atoms with E-state index < -0.39 is 11.2 Å². The Morgan fingerprint density at radius 3 is 2.24 bits per heavy atom. The molecule has 2 aromatic carbocycles. The highest BCUT2D eigenvalue weighted by Gasteiger charge is 2.51. The number of aryl methyl sites for hydroxylation is 1. The Morgan fingerprint density at radius 2 is 1.59 bits per heavy atom. The minimum atomic E-state index is -0.390. The molecule has 0 saturated carbocycles. The fourth-order valence-electron chi connectivity index (χ4n) is 3.88. The Morgan fingerprint density at radius 1 is 0.931 bits per heavy atom. The van der Waals surface area contributed by atoms with E-state index in [9.17, 15) is 4.39 Å². The van der Waals surface area contributed by atoms with E-state index in [0.717, 1.165) is 27.7 Å². The van der Waals surface area contributed by atoms with Crippen LogP contribution in [0.1, 0.15) is 50.4 Å². The zero-order chi connectivity index (χ0) is 20.8. The smallest absolute Gasteiger partial charge is 0.403 e. The van der Waals surface area contributed by atoms with Gasteiger partial charge in [0.2, 0.25) is 0 Å². The first-order chi connectivity index (χ1) is 13.7. The predicted octanol–water partition coefficient (Wildman–Crippen LogP) is 5.91. The average Bonchev–Trinajstić information content (AvgIpc) is 2.87. The number of pyridine rings is 1. The highest BCUT2D eigenvalue weighted by atomic mass is 19.1. The summed E-state index contributed by atoms with van der Waals surface area (Å²) in [6.45, 7) is 10.3. The molecule has 1 aliphatic rings. The van der Waals surface area contributed by atoms with Gasteiger partial charge in [0.05, 0.1) is 16.7 Å². The van der Waals surface area contributed by atoms with Gasteiger partial charge in [-0.25, -0.2) is 4.39 Å². The van der Waals surface area contributed by atoms with Crippen molar-refractivity contribution in [3.63, 3.8) is 0 Å². The van der Waals surface area contributed by atoms with Crippen molar-refractivity contribution in [3.05, 3.63) is 77.2 Å². The van der Waals surface area contributed by atoms with E-state index in [1.54, 1.807) is 0 Å². The second-order valence-corrected chi connectivity index (χ2v) is 8.91. The number of hydrogen-bond acceptors (Lipinski definition) is 3. The molecule has 0 aliphatic carbocycles. The SMILES string of the molecule is Cc1cccc2ccc(C(CB3OC(C)(C)C(C)(C)O3)c3ccc(F)cc3)nc12. The molecule has 3 nitrogen and oxygen atoms in total. The van der Waals surface area contributed by atoms with Crippen LogP contribution in [-0.2, 0) is 9.31 Å². The van der Waals surface area contributed by atoms with Crippen LogP contribution in [-0.4, -0.2) is 23.3 Å². The van der Waals surface area contributed by atoms with Crippen LogP contribution in [0.25, 0.3) is 10.9 Å². The Kier molecular flexibility index (Phi) is 5.00. The van der Waals surface area contributed by atoms with Crippen molar-refractivity contribution in [3.8, 4) is 0 Å². The summed E-state index contributed by atoms with van der Waals surface area (Å²) in [6.07, 6.45) is 0.614. The number of halogens is 1. The van der Waals surface area contributed by atoms with Crippen molar-refractivity contribution in [1.29, 1.82) is 0 Å². The van der Waals surface area contributed by atoms with Crippen molar-refractivity contribution in [2.45, 2.75) is 58.1 Å². The van der Waals surface area contributed by atoms with Gasteiger partial charge in [0.15, 0.2) is 0 Å². The average molecular weight is 391 g/mol. The fraction of sp³-hybridized carbons (Fsp3) is 0.375. The second-order valence-electron chi connectivity index (χ2n) is 8.91. The van der Waals surface area contributed by atoms with E-state index in [2.05, 4.69) is 58.9 Å². The number of fused-ring (bicyclic) bond motifs is 1. The molecule has 3 aromatic rings. The quantitative estimate of drug-likeness (QED) is 0.519. The lowest BCUT2D eigenvalue weighted by atomic mass is 9.73. The van der Waals surface area contributed by atoms with Crippen LogP contribution in [0.5, 0.6) is 0 Å². The van der Waals surface area contributed by atoms with Gasteiger partial charge < -0.3 is 9.31 Å². The van der Waals surface area contributed by atoms with Gasteiger partial charge in [-0.15, -0.1) is 0 Å². The van der Waals surface area contributed by atoms with E-state index in [-0.39, 0.29) is 18.9 Å². The normalized spacial score (nSPS) is 18.9. The summed E-state index contributed by atoms with van der Waals surface area (Å²) in [5, 5.41) is 1.11. The molecule has 1 atom stereocenters. The van der Waals surface area contributed by atoms with Crippen LogP contribution in [0.15, 0.2) is 54.6 Å². The summed E-state index contributed by atoms with van der Waals surface area (Å²) in [5.74, 6) is -0.306. The standard InChI is InChI=1S/C24H27BFNO2/c1-16-7-6-8-18-11-14-21(27-22(16)18)20(17-9-12-19(26)13-10-17)15-25-28-23(2,3)24(4,5)29-25/h6-14,20H,15H2,1-5H3. The molecule has 150 valence electrons. The van der Waals surface area contributed by atoms with Gasteiger partial charge in [-0.05, 0) is 70.3 Å². The van der Waals surface area contributed by atoms with Crippen molar-refractivity contribution < 1.29 is 13.7 Å². The third-order valence-electron chi connectivity index (χ3n) is 6.30. The molecule has 1 saturated heterocycles. The lowest BCUT2D eigenvalue weighted by Gasteiger charge is -2.32. The van der Waals surface area contributed by atoms with E-state index >= 15 is 0 Å². The van der Waals surface area contributed by atoms with E-state index in [4.69, 9.17) is 14.3 Å². The lowest BCUT2D eigenvalue weighted by Crippen LogP contribution is -2.41. The van der Waals surface area contributed by atoms with Gasteiger partial charge in [-0.3, -0.25) is 4.98 Å². The van der Waals surface area contributed by atoms with Crippen molar-refractivity contribution in [1.82, 2.24) is 4.98 Å². The van der Waals surface area contributed by atoms with Gasteiger partial charge in [-0.1, -0.05) is 36.4 Å². The molecule has 1 unspecified atom stereocenters. The number of hydrogen-bond donors (Lipinski definition) is 0. The van der Waals surface area contributed by atoms with E-state index in [1.807, 2.05) is 18.2 Å². The molecule has 4 rings (SSSR count). The lowest BCUT2D eigenvalue weighted by molar-refractivity contribution is 0.00578. The van der Waals surface area contributed by atoms with Crippen LogP contribution >= 0.6 is 0 Å². The Hall–Kier alpha value is -2.24. The molecule has 1 fully saturated rings. The zero-order valence-corrected chi connectivity index (χ0v) is 17.7. The first-order valence-electron chi connectivity index (χ1n) is 10.1. The second kappa shape index (κ2) is 7.23. The summed E-state index contributed by atoms with van der Waals surface area (Å²) < 4.78 is 26.1. The number of aromatic nitrogens is 1. The summed E-state index contributed by atoms with van der Waals surface area (Å²) in [4.78, 5) is 4.98. The predicted molar refractivity (Wildman–Crippen MR) is 116 cm³/mol. The summed E-state index contributed by atoms with van der Waals surface area (Å²) in [6, 6.07) is 17.0. The van der Waals surface area contributed by atoms with Crippen LogP contribution in [0.3, 0.4) is 0 Å². The van der Waals surface area contributed by atoms with Gasteiger partial charge in [0, 0.05) is 17.0 Å². The number of para-hydroxylation sites is 1. The van der Waals surface area contributed by atoms with E-state index in [1.165, 1.54) is 12.1 Å². The molecule has 2 heterocycles. The fourth-order valence-corrected chi connectivity index (χ4v) is 3.88. The maximum Gasteiger partial charge on any atom is 0.458 e.